The Balaban J connectivity index is 1.64. The number of rotatable bonds is 8. The molecule has 2 aromatic heterocycles. The van der Waals surface area contributed by atoms with Crippen molar-refractivity contribution in [2.75, 3.05) is 5.73 Å². The number of hydrogen-bond donors (Lipinski definition) is 4. The Labute approximate surface area is 228 Å². The van der Waals surface area contributed by atoms with E-state index in [2.05, 4.69) is 20.2 Å². The van der Waals surface area contributed by atoms with E-state index in [1.165, 1.54) is 18.2 Å². The van der Waals surface area contributed by atoms with Crippen molar-refractivity contribution in [2.45, 2.75) is 22.5 Å². The molecule has 9 nitrogen and oxygen atoms in total. The predicted octanol–water partition coefficient (Wildman–Crippen LogP) is 4.50. The molecular weight excluding hydrogens is 547 g/mol. The molecule has 3 aromatic carbocycles. The first-order chi connectivity index (χ1) is 18.1. The molecule has 1 unspecified atom stereocenters. The lowest BCUT2D eigenvalue weighted by Crippen LogP contribution is -2.42. The summed E-state index contributed by atoms with van der Waals surface area (Å²) in [6, 6.07) is 20.2. The molecular formula is C26H22Cl2N6O3S. The minimum Gasteiger partial charge on any atom is -0.382 e. The van der Waals surface area contributed by atoms with Crippen LogP contribution in [0.2, 0.25) is 10.2 Å². The van der Waals surface area contributed by atoms with Gasteiger partial charge in [-0.2, -0.15) is 5.10 Å². The van der Waals surface area contributed by atoms with Gasteiger partial charge in [-0.15, -0.1) is 0 Å². The van der Waals surface area contributed by atoms with Gasteiger partial charge in [0.2, 0.25) is 5.91 Å². The minimum absolute atomic E-state index is 0.118. The van der Waals surface area contributed by atoms with E-state index in [4.69, 9.17) is 34.7 Å². The second-order valence-corrected chi connectivity index (χ2v) is 11.7. The van der Waals surface area contributed by atoms with Gasteiger partial charge >= 0.3 is 0 Å². The molecule has 38 heavy (non-hydrogen) atoms. The standard InChI is InChI=1S/C26H22Cl2N6O3S/c27-16-7-4-8-17(13-16)38(36,37)22(25(30)35)19(11-14-5-2-1-3-6-14)26-31-21(23(28)32-26)15-9-10-18-20(12-15)33-34-24(18)29/h1-10,12-13,19,22H,11H2,(H2,30,35)(H,31,32)(H3,29,33,34)/t19-,22?/m1/s1. The van der Waals surface area contributed by atoms with Gasteiger partial charge in [0.1, 0.15) is 16.7 Å². The quantitative estimate of drug-likeness (QED) is 0.215. The van der Waals surface area contributed by atoms with Crippen LogP contribution in [0.1, 0.15) is 17.3 Å². The third kappa shape index (κ3) is 4.85. The number of nitrogen functional groups attached to an aromatic ring is 1. The number of hydrogen-bond acceptors (Lipinski definition) is 6. The summed E-state index contributed by atoms with van der Waals surface area (Å²) in [5, 5.41) is 6.32. The van der Waals surface area contributed by atoms with Gasteiger partial charge in [-0.1, -0.05) is 65.7 Å². The largest absolute Gasteiger partial charge is 0.382 e. The predicted molar refractivity (Wildman–Crippen MR) is 148 cm³/mol. The number of primary amides is 1. The summed E-state index contributed by atoms with van der Waals surface area (Å²) in [5.41, 5.74) is 14.1. The van der Waals surface area contributed by atoms with E-state index in [9.17, 15) is 13.2 Å². The number of aromatic amines is 2. The van der Waals surface area contributed by atoms with Gasteiger partial charge in [0.25, 0.3) is 0 Å². The van der Waals surface area contributed by atoms with Crippen LogP contribution in [0.25, 0.3) is 22.2 Å². The molecule has 0 aliphatic carbocycles. The lowest BCUT2D eigenvalue weighted by Gasteiger charge is -2.24. The molecule has 0 spiro atoms. The summed E-state index contributed by atoms with van der Waals surface area (Å²) in [7, 11) is -4.27. The fraction of sp³-hybridized carbons (Fsp3) is 0.115. The molecule has 0 saturated heterocycles. The maximum absolute atomic E-state index is 13.8. The molecule has 0 aliphatic heterocycles. The number of carbonyl (C=O) groups excluding carboxylic acids is 1. The highest BCUT2D eigenvalue weighted by molar-refractivity contribution is 7.92. The van der Waals surface area contributed by atoms with Crippen LogP contribution in [0, 0.1) is 0 Å². The third-order valence-electron chi connectivity index (χ3n) is 6.30. The number of fused-ring (bicyclic) bond motifs is 1. The van der Waals surface area contributed by atoms with Gasteiger partial charge in [0, 0.05) is 21.9 Å². The molecule has 6 N–H and O–H groups in total. The molecule has 194 valence electrons. The van der Waals surface area contributed by atoms with Crippen LogP contribution in [-0.2, 0) is 21.1 Å². The first-order valence-electron chi connectivity index (χ1n) is 11.5. The van der Waals surface area contributed by atoms with E-state index in [-0.39, 0.29) is 27.3 Å². The molecule has 0 fully saturated rings. The molecule has 2 atom stereocenters. The highest BCUT2D eigenvalue weighted by Crippen LogP contribution is 2.36. The van der Waals surface area contributed by atoms with Crippen molar-refractivity contribution in [3.8, 4) is 11.3 Å². The fourth-order valence-corrected chi connectivity index (χ4v) is 6.82. The van der Waals surface area contributed by atoms with Crippen molar-refractivity contribution >= 4 is 55.7 Å². The smallest absolute Gasteiger partial charge is 0.236 e. The van der Waals surface area contributed by atoms with Crippen molar-refractivity contribution in [2.24, 2.45) is 5.73 Å². The number of aromatic nitrogens is 4. The topological polar surface area (TPSA) is 161 Å². The van der Waals surface area contributed by atoms with Gasteiger partial charge < -0.3 is 16.5 Å². The summed E-state index contributed by atoms with van der Waals surface area (Å²) in [6.07, 6.45) is 0.146. The number of nitrogens with zero attached hydrogens (tertiary/aromatic N) is 2. The summed E-state index contributed by atoms with van der Waals surface area (Å²) in [6.45, 7) is 0. The number of nitrogens with two attached hydrogens (primary N) is 2. The zero-order chi connectivity index (χ0) is 27.0. The number of benzene rings is 3. The van der Waals surface area contributed by atoms with Crippen LogP contribution in [0.3, 0.4) is 0 Å². The Kier molecular flexibility index (Phi) is 6.87. The summed E-state index contributed by atoms with van der Waals surface area (Å²) in [4.78, 5) is 20.4. The van der Waals surface area contributed by atoms with E-state index >= 15 is 0 Å². The monoisotopic (exact) mass is 568 g/mol. The highest BCUT2D eigenvalue weighted by atomic mass is 35.5. The van der Waals surface area contributed by atoms with Crippen molar-refractivity contribution in [1.29, 1.82) is 0 Å². The number of halogens is 2. The molecule has 1 amide bonds. The second kappa shape index (κ2) is 10.1. The normalized spacial score (nSPS) is 13.4. The fourth-order valence-electron chi connectivity index (χ4n) is 4.50. The van der Waals surface area contributed by atoms with Gasteiger partial charge in [0.15, 0.2) is 20.9 Å². The molecule has 0 saturated carbocycles. The van der Waals surface area contributed by atoms with Crippen LogP contribution in [0.4, 0.5) is 5.82 Å². The Morgan fingerprint density at radius 1 is 1.00 bits per heavy atom. The maximum Gasteiger partial charge on any atom is 0.236 e. The van der Waals surface area contributed by atoms with Crippen molar-refractivity contribution < 1.29 is 13.2 Å². The average molecular weight is 569 g/mol. The van der Waals surface area contributed by atoms with Crippen LogP contribution >= 0.6 is 23.2 Å². The summed E-state index contributed by atoms with van der Waals surface area (Å²) < 4.78 is 27.6. The molecule has 0 aliphatic rings. The number of sulfone groups is 1. The first kappa shape index (κ1) is 25.8. The van der Waals surface area contributed by atoms with E-state index in [0.29, 0.717) is 22.6 Å². The highest BCUT2D eigenvalue weighted by Gasteiger charge is 2.42. The van der Waals surface area contributed by atoms with Crippen LogP contribution in [0.15, 0.2) is 77.7 Å². The Morgan fingerprint density at radius 3 is 2.47 bits per heavy atom. The molecule has 5 aromatic rings. The number of amides is 1. The number of nitrogens with one attached hydrogen (secondary N) is 2. The third-order valence-corrected chi connectivity index (χ3v) is 8.95. The van der Waals surface area contributed by atoms with Gasteiger partial charge in [-0.05, 0) is 42.3 Å². The molecule has 12 heteroatoms. The van der Waals surface area contributed by atoms with E-state index < -0.39 is 26.9 Å². The Bertz CT molecular complexity index is 1750. The number of H-pyrrole nitrogens is 2. The molecule has 2 heterocycles. The number of anilines is 1. The first-order valence-corrected chi connectivity index (χ1v) is 13.8. The van der Waals surface area contributed by atoms with Gasteiger partial charge in [0.05, 0.1) is 10.4 Å². The summed E-state index contributed by atoms with van der Waals surface area (Å²) >= 11 is 12.6. The lowest BCUT2D eigenvalue weighted by atomic mass is 9.94. The zero-order valence-electron chi connectivity index (χ0n) is 19.7. The zero-order valence-corrected chi connectivity index (χ0v) is 22.1. The molecule has 0 bridgehead atoms. The number of imidazole rings is 1. The van der Waals surface area contributed by atoms with Gasteiger partial charge in [-0.25, -0.2) is 13.4 Å². The summed E-state index contributed by atoms with van der Waals surface area (Å²) in [5.74, 6) is -1.45. The SMILES string of the molecule is NC(=O)C([C@@H](Cc1ccccc1)c1nc(-c2ccc3c(N)n[nH]c3c2)c(Cl)[nH]1)S(=O)(=O)c1cccc(Cl)c1. The second-order valence-electron chi connectivity index (χ2n) is 8.78. The molecule has 0 radical (unpaired) electrons. The van der Waals surface area contributed by atoms with E-state index in [0.717, 1.165) is 10.9 Å². The van der Waals surface area contributed by atoms with Crippen molar-refractivity contribution in [1.82, 2.24) is 20.2 Å². The Morgan fingerprint density at radius 2 is 1.76 bits per heavy atom. The van der Waals surface area contributed by atoms with Crippen LogP contribution in [-0.4, -0.2) is 39.7 Å². The van der Waals surface area contributed by atoms with Crippen LogP contribution in [0.5, 0.6) is 0 Å². The minimum atomic E-state index is -4.27. The average Bonchev–Trinajstić information content (AvgIpc) is 3.46. The maximum atomic E-state index is 13.8. The van der Waals surface area contributed by atoms with Crippen molar-refractivity contribution in [3.05, 3.63) is 94.4 Å². The Hall–Kier alpha value is -3.86. The van der Waals surface area contributed by atoms with E-state index in [1.54, 1.807) is 24.3 Å². The van der Waals surface area contributed by atoms with E-state index in [1.807, 2.05) is 30.3 Å². The lowest BCUT2D eigenvalue weighted by molar-refractivity contribution is -0.118. The van der Waals surface area contributed by atoms with Crippen LogP contribution < -0.4 is 11.5 Å². The molecule has 5 rings (SSSR count). The number of carbonyl (C=O) groups is 1. The van der Waals surface area contributed by atoms with Gasteiger partial charge in [-0.3, -0.25) is 9.89 Å². The van der Waals surface area contributed by atoms with Crippen molar-refractivity contribution in [3.63, 3.8) is 0 Å².